The highest BCUT2D eigenvalue weighted by molar-refractivity contribution is 6.35. The molecule has 1 atom stereocenters. The molecule has 0 spiro atoms. The standard InChI is InChI=1S/C18H17Cl2NO5/c1-10(17(22)21-14-8-12(19)7-13(20)9-14)26-15-5-4-11(18(23)25-3)6-16(15)24-2/h4-10H,1-3H3,(H,21,22)/t10-/m0/s1. The number of rotatable bonds is 6. The van der Waals surface area contributed by atoms with Crippen LogP contribution in [0.5, 0.6) is 11.5 Å². The number of methoxy groups -OCH3 is 2. The van der Waals surface area contributed by atoms with Gasteiger partial charge in [0.25, 0.3) is 5.91 Å². The first-order valence-corrected chi connectivity index (χ1v) is 8.29. The van der Waals surface area contributed by atoms with Gasteiger partial charge >= 0.3 is 5.97 Å². The van der Waals surface area contributed by atoms with Crippen molar-refractivity contribution in [2.45, 2.75) is 13.0 Å². The highest BCUT2D eigenvalue weighted by atomic mass is 35.5. The average molecular weight is 398 g/mol. The fourth-order valence-electron chi connectivity index (χ4n) is 2.12. The smallest absolute Gasteiger partial charge is 0.337 e. The largest absolute Gasteiger partial charge is 0.493 e. The van der Waals surface area contributed by atoms with Gasteiger partial charge in [0.2, 0.25) is 0 Å². The molecule has 138 valence electrons. The summed E-state index contributed by atoms with van der Waals surface area (Å²) >= 11 is 11.8. The molecule has 0 heterocycles. The van der Waals surface area contributed by atoms with Crippen LogP contribution in [0.4, 0.5) is 5.69 Å². The number of ether oxygens (including phenoxy) is 3. The predicted octanol–water partition coefficient (Wildman–Crippen LogP) is 4.19. The second-order valence-electron chi connectivity index (χ2n) is 5.26. The number of carbonyl (C=O) groups is 2. The third-order valence-electron chi connectivity index (χ3n) is 3.39. The number of anilines is 1. The van der Waals surface area contributed by atoms with Gasteiger partial charge in [0, 0.05) is 15.7 Å². The minimum Gasteiger partial charge on any atom is -0.493 e. The molecule has 6 nitrogen and oxygen atoms in total. The van der Waals surface area contributed by atoms with Crippen molar-refractivity contribution in [3.8, 4) is 11.5 Å². The van der Waals surface area contributed by atoms with Crippen molar-refractivity contribution in [3.63, 3.8) is 0 Å². The maximum absolute atomic E-state index is 12.3. The molecule has 26 heavy (non-hydrogen) atoms. The molecule has 0 unspecified atom stereocenters. The Balaban J connectivity index is 2.11. The Hall–Kier alpha value is -2.44. The van der Waals surface area contributed by atoms with Crippen LogP contribution >= 0.6 is 23.2 Å². The molecule has 0 aliphatic carbocycles. The fraction of sp³-hybridized carbons (Fsp3) is 0.222. The van der Waals surface area contributed by atoms with E-state index >= 15 is 0 Å². The van der Waals surface area contributed by atoms with Crippen LogP contribution in [0.1, 0.15) is 17.3 Å². The van der Waals surface area contributed by atoms with Crippen LogP contribution in [0.2, 0.25) is 10.0 Å². The van der Waals surface area contributed by atoms with Crippen LogP contribution in [-0.2, 0) is 9.53 Å². The quantitative estimate of drug-likeness (QED) is 0.739. The Labute approximate surface area is 160 Å². The maximum atomic E-state index is 12.3. The zero-order valence-corrected chi connectivity index (χ0v) is 15.9. The first kappa shape index (κ1) is 19.9. The summed E-state index contributed by atoms with van der Waals surface area (Å²) in [5.74, 6) is -0.286. The molecule has 0 aliphatic heterocycles. The average Bonchev–Trinajstić information content (AvgIpc) is 2.60. The van der Waals surface area contributed by atoms with Crippen LogP contribution in [0.25, 0.3) is 0 Å². The van der Waals surface area contributed by atoms with Gasteiger partial charge < -0.3 is 19.5 Å². The zero-order chi connectivity index (χ0) is 19.3. The van der Waals surface area contributed by atoms with E-state index in [4.69, 9.17) is 32.7 Å². The second-order valence-corrected chi connectivity index (χ2v) is 6.14. The Kier molecular flexibility index (Phi) is 6.71. The van der Waals surface area contributed by atoms with Crippen molar-refractivity contribution < 1.29 is 23.8 Å². The van der Waals surface area contributed by atoms with E-state index in [1.807, 2.05) is 0 Å². The van der Waals surface area contributed by atoms with Gasteiger partial charge in [-0.3, -0.25) is 4.79 Å². The topological polar surface area (TPSA) is 73.9 Å². The highest BCUT2D eigenvalue weighted by Gasteiger charge is 2.19. The number of esters is 1. The van der Waals surface area contributed by atoms with E-state index in [0.717, 1.165) is 0 Å². The summed E-state index contributed by atoms with van der Waals surface area (Å²) < 4.78 is 15.5. The van der Waals surface area contributed by atoms with Gasteiger partial charge in [0.1, 0.15) is 0 Å². The van der Waals surface area contributed by atoms with Crippen molar-refractivity contribution in [1.29, 1.82) is 0 Å². The third kappa shape index (κ3) is 5.03. The molecule has 0 saturated heterocycles. The number of hydrogen-bond donors (Lipinski definition) is 1. The van der Waals surface area contributed by atoms with Crippen LogP contribution in [0.3, 0.4) is 0 Å². The molecule has 0 radical (unpaired) electrons. The Morgan fingerprint density at radius 1 is 1.00 bits per heavy atom. The van der Waals surface area contributed by atoms with Gasteiger partial charge in [-0.05, 0) is 43.3 Å². The first-order chi connectivity index (χ1) is 12.3. The minimum absolute atomic E-state index is 0.304. The summed E-state index contributed by atoms with van der Waals surface area (Å²) in [6.07, 6.45) is -0.842. The number of hydrogen-bond acceptors (Lipinski definition) is 5. The van der Waals surface area contributed by atoms with Gasteiger partial charge in [-0.15, -0.1) is 0 Å². The van der Waals surface area contributed by atoms with Gasteiger partial charge in [-0.1, -0.05) is 23.2 Å². The number of carbonyl (C=O) groups excluding carboxylic acids is 2. The number of halogens is 2. The molecule has 0 aromatic heterocycles. The summed E-state index contributed by atoms with van der Waals surface area (Å²) in [6, 6.07) is 9.23. The highest BCUT2D eigenvalue weighted by Crippen LogP contribution is 2.29. The maximum Gasteiger partial charge on any atom is 0.337 e. The number of benzene rings is 2. The van der Waals surface area contributed by atoms with Gasteiger partial charge in [0.15, 0.2) is 17.6 Å². The lowest BCUT2D eigenvalue weighted by atomic mass is 10.2. The lowest BCUT2D eigenvalue weighted by Crippen LogP contribution is -2.30. The van der Waals surface area contributed by atoms with Crippen LogP contribution < -0.4 is 14.8 Å². The van der Waals surface area contributed by atoms with Crippen molar-refractivity contribution in [3.05, 3.63) is 52.0 Å². The minimum atomic E-state index is -0.842. The van der Waals surface area contributed by atoms with Crippen molar-refractivity contribution >= 4 is 40.8 Å². The van der Waals surface area contributed by atoms with Gasteiger partial charge in [-0.25, -0.2) is 4.79 Å². The Morgan fingerprint density at radius 3 is 2.23 bits per heavy atom. The van der Waals surface area contributed by atoms with E-state index in [0.29, 0.717) is 32.8 Å². The van der Waals surface area contributed by atoms with Crippen LogP contribution in [0, 0.1) is 0 Å². The normalized spacial score (nSPS) is 11.4. The lowest BCUT2D eigenvalue weighted by Gasteiger charge is -2.17. The molecular formula is C18H17Cl2NO5. The molecule has 0 bridgehead atoms. The molecule has 1 N–H and O–H groups in total. The molecular weight excluding hydrogens is 381 g/mol. The Morgan fingerprint density at radius 2 is 1.65 bits per heavy atom. The van der Waals surface area contributed by atoms with E-state index in [1.165, 1.54) is 32.4 Å². The zero-order valence-electron chi connectivity index (χ0n) is 14.3. The summed E-state index contributed by atoms with van der Waals surface area (Å²) in [6.45, 7) is 1.58. The summed E-state index contributed by atoms with van der Waals surface area (Å²) in [5.41, 5.74) is 0.762. The van der Waals surface area contributed by atoms with Crippen LogP contribution in [-0.4, -0.2) is 32.2 Å². The van der Waals surface area contributed by atoms with Crippen molar-refractivity contribution in [2.75, 3.05) is 19.5 Å². The summed E-state index contributed by atoms with van der Waals surface area (Å²) in [7, 11) is 2.72. The Bertz CT molecular complexity index is 805. The van der Waals surface area contributed by atoms with E-state index in [2.05, 4.69) is 10.1 Å². The molecule has 2 aromatic rings. The van der Waals surface area contributed by atoms with E-state index < -0.39 is 18.0 Å². The van der Waals surface area contributed by atoms with E-state index in [-0.39, 0.29) is 0 Å². The molecule has 0 saturated carbocycles. The number of nitrogens with one attached hydrogen (secondary N) is 1. The van der Waals surface area contributed by atoms with Crippen molar-refractivity contribution in [1.82, 2.24) is 0 Å². The second kappa shape index (κ2) is 8.78. The molecule has 8 heteroatoms. The van der Waals surface area contributed by atoms with E-state index in [1.54, 1.807) is 25.1 Å². The molecule has 2 rings (SSSR count). The molecule has 0 aliphatic rings. The number of amides is 1. The summed E-state index contributed by atoms with van der Waals surface area (Å²) in [5, 5.41) is 3.48. The predicted molar refractivity (Wildman–Crippen MR) is 99.5 cm³/mol. The monoisotopic (exact) mass is 397 g/mol. The SMILES string of the molecule is COC(=O)c1ccc(O[C@@H](C)C(=O)Nc2cc(Cl)cc(Cl)c2)c(OC)c1. The first-order valence-electron chi connectivity index (χ1n) is 7.54. The molecule has 2 aromatic carbocycles. The third-order valence-corrected chi connectivity index (χ3v) is 3.82. The molecule has 0 fully saturated rings. The van der Waals surface area contributed by atoms with Crippen LogP contribution in [0.15, 0.2) is 36.4 Å². The molecule has 1 amide bonds. The summed E-state index contributed by atoms with van der Waals surface area (Å²) in [4.78, 5) is 23.9. The fourth-order valence-corrected chi connectivity index (χ4v) is 2.65. The van der Waals surface area contributed by atoms with Gasteiger partial charge in [0.05, 0.1) is 19.8 Å². The van der Waals surface area contributed by atoms with E-state index in [9.17, 15) is 9.59 Å². The van der Waals surface area contributed by atoms with Gasteiger partial charge in [-0.2, -0.15) is 0 Å². The lowest BCUT2D eigenvalue weighted by molar-refractivity contribution is -0.122. The van der Waals surface area contributed by atoms with Crippen molar-refractivity contribution in [2.24, 2.45) is 0 Å².